The van der Waals surface area contributed by atoms with Crippen molar-refractivity contribution in [2.24, 2.45) is 0 Å². The largest absolute Gasteiger partial charge is 0.244 e. The minimum Gasteiger partial charge on any atom is -0.207 e. The van der Waals surface area contributed by atoms with Crippen molar-refractivity contribution in [1.29, 1.82) is 0 Å². The van der Waals surface area contributed by atoms with Gasteiger partial charge in [0.1, 0.15) is 0 Å². The van der Waals surface area contributed by atoms with Crippen molar-refractivity contribution < 1.29 is 8.42 Å². The van der Waals surface area contributed by atoms with Gasteiger partial charge < -0.3 is 0 Å². The van der Waals surface area contributed by atoms with Gasteiger partial charge in [-0.2, -0.15) is 4.31 Å². The maximum absolute atomic E-state index is 12.3. The fourth-order valence-electron chi connectivity index (χ4n) is 1.36. The predicted octanol–water partition coefficient (Wildman–Crippen LogP) is 3.46. The number of halogens is 3. The smallest absolute Gasteiger partial charge is 0.207 e. The van der Waals surface area contributed by atoms with Gasteiger partial charge in [-0.25, -0.2) is 8.42 Å². The van der Waals surface area contributed by atoms with Gasteiger partial charge in [0.05, 0.1) is 4.90 Å². The molecule has 0 heterocycles. The average Bonchev–Trinajstić information content (AvgIpc) is 2.28. The van der Waals surface area contributed by atoms with Crippen molar-refractivity contribution in [3.63, 3.8) is 0 Å². The first kappa shape index (κ1) is 15.4. The Hall–Kier alpha value is 0.380. The van der Waals surface area contributed by atoms with Crippen LogP contribution in [-0.2, 0) is 10.0 Å². The summed E-state index contributed by atoms with van der Waals surface area (Å²) in [5, 5.41) is 0. The van der Waals surface area contributed by atoms with Crippen molar-refractivity contribution in [2.75, 3.05) is 19.0 Å². The molecule has 0 fully saturated rings. The number of nitrogens with zero attached hydrogens (tertiary/aromatic N) is 1. The molecular formula is C10H12Br2ClNO2S. The van der Waals surface area contributed by atoms with Gasteiger partial charge in [0.25, 0.3) is 0 Å². The number of sulfonamides is 1. The van der Waals surface area contributed by atoms with E-state index in [9.17, 15) is 8.42 Å². The quantitative estimate of drug-likeness (QED) is 0.704. The number of hydrogen-bond acceptors (Lipinski definition) is 2. The van der Waals surface area contributed by atoms with Crippen LogP contribution < -0.4 is 0 Å². The fraction of sp³-hybridized carbons (Fsp3) is 0.400. The lowest BCUT2D eigenvalue weighted by molar-refractivity contribution is 0.446. The Morgan fingerprint density at radius 1 is 1.35 bits per heavy atom. The van der Waals surface area contributed by atoms with Crippen LogP contribution in [0.3, 0.4) is 0 Å². The number of hydrogen-bond donors (Lipinski definition) is 0. The zero-order valence-corrected chi connectivity index (χ0v) is 13.9. The number of alkyl halides is 1. The molecule has 0 spiro atoms. The Labute approximate surface area is 123 Å². The molecule has 1 aromatic carbocycles. The van der Waals surface area contributed by atoms with Crippen molar-refractivity contribution in [3.05, 3.63) is 27.1 Å². The van der Waals surface area contributed by atoms with Gasteiger partial charge in [0.2, 0.25) is 10.0 Å². The summed E-state index contributed by atoms with van der Waals surface area (Å²) in [5.41, 5.74) is 0. The van der Waals surface area contributed by atoms with Crippen LogP contribution in [-0.4, -0.2) is 31.7 Å². The van der Waals surface area contributed by atoms with Crippen LogP contribution in [0, 0.1) is 0 Å². The molecule has 0 radical (unpaired) electrons. The molecule has 1 rings (SSSR count). The third-order valence-corrected chi connectivity index (χ3v) is 5.83. The maximum atomic E-state index is 12.3. The molecule has 1 aromatic rings. The Bertz CT molecular complexity index is 493. The molecule has 0 aliphatic heterocycles. The van der Waals surface area contributed by atoms with E-state index in [1.165, 1.54) is 4.31 Å². The summed E-state index contributed by atoms with van der Waals surface area (Å²) >= 11 is 12.1. The number of rotatable bonds is 5. The van der Waals surface area contributed by atoms with Crippen LogP contribution in [0.15, 0.2) is 32.0 Å². The average molecular weight is 406 g/mol. The van der Waals surface area contributed by atoms with E-state index in [4.69, 9.17) is 11.6 Å². The molecule has 0 aliphatic carbocycles. The van der Waals surface area contributed by atoms with E-state index in [0.29, 0.717) is 17.6 Å². The zero-order chi connectivity index (χ0) is 13.1. The van der Waals surface area contributed by atoms with Crippen LogP contribution in [0.2, 0.25) is 0 Å². The minimum absolute atomic E-state index is 0.249. The molecule has 96 valence electrons. The highest BCUT2D eigenvalue weighted by Crippen LogP contribution is 2.28. The second kappa shape index (κ2) is 6.52. The Morgan fingerprint density at radius 2 is 2.00 bits per heavy atom. The van der Waals surface area contributed by atoms with E-state index in [-0.39, 0.29) is 10.8 Å². The van der Waals surface area contributed by atoms with Gasteiger partial charge in [0.15, 0.2) is 0 Å². The molecule has 0 saturated carbocycles. The van der Waals surface area contributed by atoms with E-state index in [1.807, 2.05) is 0 Å². The Morgan fingerprint density at radius 3 is 2.53 bits per heavy atom. The van der Waals surface area contributed by atoms with Gasteiger partial charge in [-0.3, -0.25) is 0 Å². The van der Waals surface area contributed by atoms with E-state index in [1.54, 1.807) is 25.1 Å². The molecule has 0 unspecified atom stereocenters. The first-order valence-corrected chi connectivity index (χ1v) is 8.50. The zero-order valence-electron chi connectivity index (χ0n) is 9.16. The van der Waals surface area contributed by atoms with E-state index >= 15 is 0 Å². The highest BCUT2D eigenvalue weighted by atomic mass is 79.9. The highest BCUT2D eigenvalue weighted by molar-refractivity contribution is 9.11. The lowest BCUT2D eigenvalue weighted by atomic mass is 10.4. The summed E-state index contributed by atoms with van der Waals surface area (Å²) in [6.07, 6.45) is 0. The topological polar surface area (TPSA) is 37.4 Å². The molecule has 0 aromatic heterocycles. The molecule has 0 N–H and O–H groups in total. The predicted molar refractivity (Wildman–Crippen MR) is 77.0 cm³/mol. The normalized spacial score (nSPS) is 12.1. The van der Waals surface area contributed by atoms with Crippen molar-refractivity contribution in [2.45, 2.75) is 11.8 Å². The molecule has 0 atom stereocenters. The molecule has 0 aliphatic rings. The number of benzene rings is 1. The third kappa shape index (κ3) is 3.67. The second-order valence-corrected chi connectivity index (χ2v) is 7.31. The van der Waals surface area contributed by atoms with E-state index < -0.39 is 10.0 Å². The first-order chi connectivity index (χ1) is 7.93. The summed E-state index contributed by atoms with van der Waals surface area (Å²) in [7, 11) is -3.49. The van der Waals surface area contributed by atoms with Gasteiger partial charge in [-0.1, -0.05) is 22.9 Å². The summed E-state index contributed by atoms with van der Waals surface area (Å²) in [6.45, 7) is 2.49. The van der Waals surface area contributed by atoms with Crippen LogP contribution in [0.5, 0.6) is 0 Å². The second-order valence-electron chi connectivity index (χ2n) is 3.26. The van der Waals surface area contributed by atoms with E-state index in [2.05, 4.69) is 31.9 Å². The molecule has 0 bridgehead atoms. The summed E-state index contributed by atoms with van der Waals surface area (Å²) < 4.78 is 27.3. The fourth-order valence-corrected chi connectivity index (χ4v) is 4.57. The maximum Gasteiger partial charge on any atom is 0.244 e. The SMILES string of the molecule is CCN(CCCl)S(=O)(=O)c1cc(Br)ccc1Br. The third-order valence-electron chi connectivity index (χ3n) is 2.20. The van der Waals surface area contributed by atoms with E-state index in [0.717, 1.165) is 4.47 Å². The van der Waals surface area contributed by atoms with Crippen molar-refractivity contribution >= 4 is 53.5 Å². The lowest BCUT2D eigenvalue weighted by Crippen LogP contribution is -2.32. The van der Waals surface area contributed by atoms with Crippen LogP contribution in [0.25, 0.3) is 0 Å². The minimum atomic E-state index is -3.49. The Balaban J connectivity index is 3.24. The van der Waals surface area contributed by atoms with Gasteiger partial charge in [0, 0.05) is 27.9 Å². The molecular weight excluding hydrogens is 393 g/mol. The summed E-state index contributed by atoms with van der Waals surface area (Å²) in [5.74, 6) is 0.276. The first-order valence-electron chi connectivity index (χ1n) is 4.94. The molecule has 0 saturated heterocycles. The molecule has 17 heavy (non-hydrogen) atoms. The van der Waals surface area contributed by atoms with Crippen LogP contribution in [0.4, 0.5) is 0 Å². The monoisotopic (exact) mass is 403 g/mol. The molecule has 0 amide bonds. The van der Waals surface area contributed by atoms with Crippen molar-refractivity contribution in [3.8, 4) is 0 Å². The van der Waals surface area contributed by atoms with Crippen LogP contribution >= 0.6 is 43.5 Å². The molecule has 3 nitrogen and oxygen atoms in total. The lowest BCUT2D eigenvalue weighted by Gasteiger charge is -2.20. The van der Waals surface area contributed by atoms with Crippen LogP contribution in [0.1, 0.15) is 6.92 Å². The summed E-state index contributed by atoms with van der Waals surface area (Å²) in [6, 6.07) is 5.06. The standard InChI is InChI=1S/C10H12Br2ClNO2S/c1-2-14(6-5-13)17(15,16)10-7-8(11)3-4-9(10)12/h3-4,7H,2,5-6H2,1H3. The highest BCUT2D eigenvalue weighted by Gasteiger charge is 2.24. The van der Waals surface area contributed by atoms with Gasteiger partial charge in [-0.15, -0.1) is 11.6 Å². The molecule has 7 heteroatoms. The summed E-state index contributed by atoms with van der Waals surface area (Å²) in [4.78, 5) is 0.249. The van der Waals surface area contributed by atoms with Crippen molar-refractivity contribution in [1.82, 2.24) is 4.31 Å². The van der Waals surface area contributed by atoms with Gasteiger partial charge in [-0.05, 0) is 34.1 Å². The van der Waals surface area contributed by atoms with Gasteiger partial charge >= 0.3 is 0 Å². The Kier molecular flexibility index (Phi) is 5.92.